The third-order valence-corrected chi connectivity index (χ3v) is 6.94. The molecule has 36 heavy (non-hydrogen) atoms. The highest BCUT2D eigenvalue weighted by Crippen LogP contribution is 2.41. The van der Waals surface area contributed by atoms with Crippen LogP contribution >= 0.6 is 0 Å². The van der Waals surface area contributed by atoms with Gasteiger partial charge in [-0.25, -0.2) is 18.4 Å². The number of anilines is 1. The number of hydrogen-bond donors (Lipinski definition) is 4. The maximum Gasteiger partial charge on any atom is 0.254 e. The van der Waals surface area contributed by atoms with E-state index in [9.17, 15) is 8.42 Å². The third-order valence-electron chi connectivity index (χ3n) is 6.60. The van der Waals surface area contributed by atoms with Gasteiger partial charge in [0.15, 0.2) is 5.82 Å². The van der Waals surface area contributed by atoms with Gasteiger partial charge in [0.2, 0.25) is 10.9 Å². The van der Waals surface area contributed by atoms with Crippen molar-refractivity contribution in [2.45, 2.75) is 38.8 Å². The van der Waals surface area contributed by atoms with Crippen molar-refractivity contribution in [3.8, 4) is 5.95 Å². The zero-order chi connectivity index (χ0) is 24.6. The van der Waals surface area contributed by atoms with Crippen LogP contribution in [-0.2, 0) is 24.0 Å². The highest BCUT2D eigenvalue weighted by atomic mass is 32.2. The molecule has 9 nitrogen and oxygen atoms in total. The molecule has 10 heteroatoms. The molecule has 6 rings (SSSR count). The predicted octanol–water partition coefficient (Wildman–Crippen LogP) is 3.59. The minimum absolute atomic E-state index is 0.358. The topological polar surface area (TPSA) is 105 Å². The number of rotatable bonds is 9. The van der Waals surface area contributed by atoms with E-state index in [1.54, 1.807) is 0 Å². The Morgan fingerprint density at radius 1 is 0.972 bits per heavy atom. The first-order chi connectivity index (χ1) is 17.6. The summed E-state index contributed by atoms with van der Waals surface area (Å²) >= 11 is 0. The SMILES string of the molecule is Cc1cc2c(CNN[SH](=O)=O)cccc2n1-c1nc(NCc2ccccc2)c2ccc(C3CC3)n2n1. The van der Waals surface area contributed by atoms with E-state index in [0.29, 0.717) is 25.0 Å². The first kappa shape index (κ1) is 22.7. The number of aryl methyl sites for hydroxylation is 1. The molecule has 2 aromatic carbocycles. The fourth-order valence-corrected chi connectivity index (χ4v) is 4.95. The van der Waals surface area contributed by atoms with Crippen LogP contribution in [0.2, 0.25) is 0 Å². The van der Waals surface area contributed by atoms with Crippen LogP contribution in [0.15, 0.2) is 66.7 Å². The van der Waals surface area contributed by atoms with Crippen LogP contribution in [0.25, 0.3) is 22.4 Å². The Balaban J connectivity index is 1.44. The zero-order valence-electron chi connectivity index (χ0n) is 19.8. The number of nitrogens with one attached hydrogen (secondary N) is 3. The van der Waals surface area contributed by atoms with Crippen molar-refractivity contribution in [2.75, 3.05) is 5.32 Å². The van der Waals surface area contributed by atoms with Gasteiger partial charge >= 0.3 is 0 Å². The van der Waals surface area contributed by atoms with Gasteiger partial charge in [-0.2, -0.15) is 9.82 Å². The molecule has 0 amide bonds. The molecule has 0 saturated heterocycles. The first-order valence-electron chi connectivity index (χ1n) is 12.0. The van der Waals surface area contributed by atoms with Gasteiger partial charge in [-0.05, 0) is 55.2 Å². The highest BCUT2D eigenvalue weighted by molar-refractivity contribution is 7.70. The van der Waals surface area contributed by atoms with Crippen LogP contribution in [-0.4, -0.2) is 27.6 Å². The smallest absolute Gasteiger partial charge is 0.254 e. The largest absolute Gasteiger partial charge is 0.364 e. The van der Waals surface area contributed by atoms with Crippen molar-refractivity contribution in [1.29, 1.82) is 0 Å². The number of hydrogen-bond acceptors (Lipinski definition) is 6. The summed E-state index contributed by atoms with van der Waals surface area (Å²) in [5.74, 6) is 1.92. The lowest BCUT2D eigenvalue weighted by Crippen LogP contribution is -2.29. The lowest BCUT2D eigenvalue weighted by atomic mass is 10.1. The van der Waals surface area contributed by atoms with E-state index in [1.807, 2.05) is 47.8 Å². The molecule has 0 unspecified atom stereocenters. The molecule has 0 bridgehead atoms. The van der Waals surface area contributed by atoms with E-state index >= 15 is 0 Å². The second-order valence-corrected chi connectivity index (χ2v) is 9.86. The minimum atomic E-state index is -2.71. The van der Waals surface area contributed by atoms with Crippen molar-refractivity contribution in [2.24, 2.45) is 0 Å². The van der Waals surface area contributed by atoms with Gasteiger partial charge in [-0.3, -0.25) is 4.57 Å². The molecule has 184 valence electrons. The number of aromatic nitrogens is 4. The Morgan fingerprint density at radius 2 is 1.81 bits per heavy atom. The van der Waals surface area contributed by atoms with Gasteiger partial charge in [0, 0.05) is 35.8 Å². The molecule has 3 aromatic heterocycles. The van der Waals surface area contributed by atoms with Crippen LogP contribution in [0, 0.1) is 6.92 Å². The molecule has 3 heterocycles. The van der Waals surface area contributed by atoms with E-state index < -0.39 is 10.9 Å². The van der Waals surface area contributed by atoms with E-state index in [0.717, 1.165) is 33.5 Å². The van der Waals surface area contributed by atoms with Crippen LogP contribution in [0.1, 0.15) is 41.3 Å². The molecule has 1 saturated carbocycles. The van der Waals surface area contributed by atoms with Crippen molar-refractivity contribution in [3.63, 3.8) is 0 Å². The maximum absolute atomic E-state index is 10.9. The summed E-state index contributed by atoms with van der Waals surface area (Å²) in [6, 6.07) is 22.6. The normalized spacial score (nSPS) is 13.7. The summed E-state index contributed by atoms with van der Waals surface area (Å²) in [5, 5.41) is 9.55. The zero-order valence-corrected chi connectivity index (χ0v) is 20.7. The highest BCUT2D eigenvalue weighted by Gasteiger charge is 2.28. The molecular weight excluding hydrogens is 474 g/mol. The van der Waals surface area contributed by atoms with E-state index in [2.05, 4.69) is 50.5 Å². The molecule has 0 aliphatic heterocycles. The molecular formula is C26H27N7O2S. The number of hydrazine groups is 1. The summed E-state index contributed by atoms with van der Waals surface area (Å²) < 4.78 is 25.8. The molecule has 5 aromatic rings. The summed E-state index contributed by atoms with van der Waals surface area (Å²) in [6.07, 6.45) is 2.37. The Kier molecular flexibility index (Phi) is 5.92. The number of nitrogens with zero attached hydrogens (tertiary/aromatic N) is 4. The quantitative estimate of drug-likeness (QED) is 0.182. The molecule has 0 spiro atoms. The molecule has 1 aliphatic carbocycles. The second-order valence-electron chi connectivity index (χ2n) is 9.12. The maximum atomic E-state index is 10.9. The fraction of sp³-hybridized carbons (Fsp3) is 0.231. The Hall–Kier alpha value is -3.73. The molecule has 1 fully saturated rings. The van der Waals surface area contributed by atoms with Crippen molar-refractivity contribution < 1.29 is 8.42 Å². The standard InChI is InChI=1S/C26H27N7O2S/c1-17-14-21-20(16-28-31-36(34)35)8-5-9-23(21)32(17)26-29-25(27-15-18-6-3-2-4-7-18)24-13-12-22(19-10-11-19)33(24)30-26/h2-9,12-14,19,28,36H,10-11,15-16H2,1H3,(H,27,29,30)(H,31,34,35). The number of thiol groups is 1. The summed E-state index contributed by atoms with van der Waals surface area (Å²) in [4.78, 5) is 7.24. The third kappa shape index (κ3) is 4.34. The molecule has 0 radical (unpaired) electrons. The van der Waals surface area contributed by atoms with Gasteiger partial charge in [0.25, 0.3) is 5.95 Å². The Bertz CT molecular complexity index is 1630. The molecule has 1 aliphatic rings. The number of fused-ring (bicyclic) bond motifs is 2. The number of benzene rings is 2. The average molecular weight is 502 g/mol. The lowest BCUT2D eigenvalue weighted by molar-refractivity contribution is 0.575. The van der Waals surface area contributed by atoms with Crippen LogP contribution in [0.5, 0.6) is 0 Å². The van der Waals surface area contributed by atoms with E-state index in [4.69, 9.17) is 10.1 Å². The van der Waals surface area contributed by atoms with Gasteiger partial charge in [0.05, 0.1) is 5.52 Å². The van der Waals surface area contributed by atoms with Crippen LogP contribution in [0.3, 0.4) is 0 Å². The van der Waals surface area contributed by atoms with Crippen molar-refractivity contribution >= 4 is 33.1 Å². The minimum Gasteiger partial charge on any atom is -0.364 e. The summed E-state index contributed by atoms with van der Waals surface area (Å²) in [6.45, 7) is 3.05. The van der Waals surface area contributed by atoms with Gasteiger partial charge in [-0.15, -0.1) is 5.10 Å². The second kappa shape index (κ2) is 9.38. The molecule has 0 atom stereocenters. The van der Waals surface area contributed by atoms with Gasteiger partial charge < -0.3 is 5.32 Å². The van der Waals surface area contributed by atoms with Gasteiger partial charge in [0.1, 0.15) is 5.52 Å². The van der Waals surface area contributed by atoms with Gasteiger partial charge in [-0.1, -0.05) is 42.5 Å². The fourth-order valence-electron chi connectivity index (χ4n) is 4.74. The monoisotopic (exact) mass is 501 g/mol. The first-order valence-corrected chi connectivity index (χ1v) is 13.2. The summed E-state index contributed by atoms with van der Waals surface area (Å²) in [5.41, 5.74) is 9.04. The summed E-state index contributed by atoms with van der Waals surface area (Å²) in [7, 11) is -2.71. The van der Waals surface area contributed by atoms with Crippen molar-refractivity contribution in [1.82, 2.24) is 29.4 Å². The van der Waals surface area contributed by atoms with E-state index in [1.165, 1.54) is 24.1 Å². The van der Waals surface area contributed by atoms with Crippen molar-refractivity contribution in [3.05, 3.63) is 89.2 Å². The lowest BCUT2D eigenvalue weighted by Gasteiger charge is -2.13. The Morgan fingerprint density at radius 3 is 2.58 bits per heavy atom. The Labute approximate surface area is 210 Å². The predicted molar refractivity (Wildman–Crippen MR) is 141 cm³/mol. The van der Waals surface area contributed by atoms with E-state index in [-0.39, 0.29) is 0 Å². The van der Waals surface area contributed by atoms with Crippen LogP contribution in [0.4, 0.5) is 5.82 Å². The molecule has 3 N–H and O–H groups in total. The average Bonchev–Trinajstić information content (AvgIpc) is 3.53. The van der Waals surface area contributed by atoms with Crippen LogP contribution < -0.4 is 15.6 Å².